The summed E-state index contributed by atoms with van der Waals surface area (Å²) in [5.74, 6) is 1.66. The third-order valence-electron chi connectivity index (χ3n) is 4.89. The van der Waals surface area contributed by atoms with Gasteiger partial charge in [0.25, 0.3) is 0 Å². The molecule has 2 heterocycles. The Hall–Kier alpha value is -1.43. The average molecular weight is 545 g/mol. The van der Waals surface area contributed by atoms with Gasteiger partial charge in [-0.1, -0.05) is 18.2 Å². The number of nitrogens with zero attached hydrogens (tertiary/aromatic N) is 3. The number of para-hydroxylation sites is 1. The molecule has 0 saturated carbocycles. The number of morpholine rings is 1. The highest BCUT2D eigenvalue weighted by atomic mass is 127. The van der Waals surface area contributed by atoms with Crippen molar-refractivity contribution in [3.63, 3.8) is 0 Å². The number of benzene rings is 1. The van der Waals surface area contributed by atoms with E-state index in [9.17, 15) is 0 Å². The number of aliphatic imine (C=N–C) groups is 1. The van der Waals surface area contributed by atoms with Crippen LogP contribution in [-0.4, -0.2) is 62.3 Å². The van der Waals surface area contributed by atoms with Crippen molar-refractivity contribution in [2.75, 3.05) is 46.5 Å². The van der Waals surface area contributed by atoms with Crippen molar-refractivity contribution in [3.05, 3.63) is 45.4 Å². The van der Waals surface area contributed by atoms with Crippen LogP contribution in [0.4, 0.5) is 0 Å². The van der Waals surface area contributed by atoms with Crippen LogP contribution in [0.3, 0.4) is 0 Å². The maximum absolute atomic E-state index is 6.06. The molecule has 1 aromatic heterocycles. The van der Waals surface area contributed by atoms with Gasteiger partial charge in [-0.2, -0.15) is 0 Å². The van der Waals surface area contributed by atoms with Gasteiger partial charge in [0, 0.05) is 43.7 Å². The second kappa shape index (κ2) is 13.1. The smallest absolute Gasteiger partial charge is 0.191 e. The summed E-state index contributed by atoms with van der Waals surface area (Å²) in [6.07, 6.45) is 0. The molecule has 3 rings (SSSR count). The fraction of sp³-hybridized carbons (Fsp3) is 0.524. The number of thiazole rings is 1. The molecule has 1 aromatic carbocycles. The Morgan fingerprint density at radius 3 is 2.63 bits per heavy atom. The molecule has 0 unspecified atom stereocenters. The molecule has 1 aliphatic rings. The molecule has 30 heavy (non-hydrogen) atoms. The summed E-state index contributed by atoms with van der Waals surface area (Å²) in [4.78, 5) is 12.5. The Labute approximate surface area is 200 Å². The molecule has 9 heteroatoms. The topological polar surface area (TPSA) is 71.0 Å². The molecule has 2 N–H and O–H groups in total. The second-order valence-corrected chi connectivity index (χ2v) is 8.23. The third-order valence-corrected chi connectivity index (χ3v) is 5.96. The molecule has 0 radical (unpaired) electrons. The van der Waals surface area contributed by atoms with Gasteiger partial charge in [0.15, 0.2) is 5.96 Å². The summed E-state index contributed by atoms with van der Waals surface area (Å²) in [5, 5.41) is 7.76. The molecule has 166 valence electrons. The molecule has 0 aliphatic carbocycles. The fourth-order valence-electron chi connectivity index (χ4n) is 3.07. The van der Waals surface area contributed by atoms with Gasteiger partial charge in [0.2, 0.25) is 0 Å². The van der Waals surface area contributed by atoms with E-state index in [2.05, 4.69) is 38.5 Å². The SMILES string of the molecule is CN=C(NCc1nc(C)c(C)s1)NCc1ccccc1OCCN1CCOCC1.I. The van der Waals surface area contributed by atoms with Gasteiger partial charge < -0.3 is 20.1 Å². The van der Waals surface area contributed by atoms with Gasteiger partial charge in [-0.15, -0.1) is 35.3 Å². The largest absolute Gasteiger partial charge is 0.492 e. The first kappa shape index (κ1) is 24.8. The van der Waals surface area contributed by atoms with E-state index in [-0.39, 0.29) is 24.0 Å². The first-order valence-corrected chi connectivity index (χ1v) is 10.9. The second-order valence-electron chi connectivity index (χ2n) is 6.94. The van der Waals surface area contributed by atoms with Crippen LogP contribution in [0.5, 0.6) is 5.75 Å². The minimum Gasteiger partial charge on any atom is -0.492 e. The predicted molar refractivity (Wildman–Crippen MR) is 133 cm³/mol. The van der Waals surface area contributed by atoms with Crippen LogP contribution in [0.15, 0.2) is 29.3 Å². The molecular formula is C21H32IN5O2S. The van der Waals surface area contributed by atoms with Crippen molar-refractivity contribution in [1.82, 2.24) is 20.5 Å². The van der Waals surface area contributed by atoms with Crippen LogP contribution in [0.25, 0.3) is 0 Å². The monoisotopic (exact) mass is 545 g/mol. The first-order chi connectivity index (χ1) is 14.2. The molecule has 0 atom stereocenters. The lowest BCUT2D eigenvalue weighted by Crippen LogP contribution is -2.38. The molecule has 1 aliphatic heterocycles. The summed E-state index contributed by atoms with van der Waals surface area (Å²) in [6, 6.07) is 8.14. The van der Waals surface area contributed by atoms with Gasteiger partial charge in [-0.3, -0.25) is 9.89 Å². The van der Waals surface area contributed by atoms with Crippen molar-refractivity contribution in [2.24, 2.45) is 4.99 Å². The molecule has 7 nitrogen and oxygen atoms in total. The van der Waals surface area contributed by atoms with E-state index in [0.717, 1.165) is 60.8 Å². The number of guanidine groups is 1. The van der Waals surface area contributed by atoms with E-state index in [1.54, 1.807) is 18.4 Å². The highest BCUT2D eigenvalue weighted by Gasteiger charge is 2.11. The van der Waals surface area contributed by atoms with E-state index in [4.69, 9.17) is 9.47 Å². The zero-order valence-corrected chi connectivity index (χ0v) is 21.1. The highest BCUT2D eigenvalue weighted by Crippen LogP contribution is 2.18. The maximum Gasteiger partial charge on any atom is 0.191 e. The lowest BCUT2D eigenvalue weighted by atomic mass is 10.2. The quantitative estimate of drug-likeness (QED) is 0.302. The van der Waals surface area contributed by atoms with Crippen LogP contribution in [0.1, 0.15) is 21.1 Å². The number of ether oxygens (including phenoxy) is 2. The lowest BCUT2D eigenvalue weighted by molar-refractivity contribution is 0.0322. The van der Waals surface area contributed by atoms with Crippen molar-refractivity contribution in [1.29, 1.82) is 0 Å². The lowest BCUT2D eigenvalue weighted by Gasteiger charge is -2.26. The number of aryl methyl sites for hydroxylation is 2. The van der Waals surface area contributed by atoms with Gasteiger partial charge in [-0.05, 0) is 19.9 Å². The molecule has 0 amide bonds. The Morgan fingerprint density at radius 1 is 1.20 bits per heavy atom. The van der Waals surface area contributed by atoms with E-state index < -0.39 is 0 Å². The number of nitrogens with one attached hydrogen (secondary N) is 2. The molecule has 2 aromatic rings. The van der Waals surface area contributed by atoms with Crippen molar-refractivity contribution >= 4 is 41.3 Å². The summed E-state index contributed by atoms with van der Waals surface area (Å²) in [7, 11) is 1.78. The molecule has 0 spiro atoms. The number of rotatable bonds is 8. The molecule has 1 saturated heterocycles. The number of aromatic nitrogens is 1. The molecule has 1 fully saturated rings. The maximum atomic E-state index is 6.06. The predicted octanol–water partition coefficient (Wildman–Crippen LogP) is 2.95. The number of hydrogen-bond donors (Lipinski definition) is 2. The third kappa shape index (κ3) is 7.68. The van der Waals surface area contributed by atoms with Crippen LogP contribution in [0, 0.1) is 13.8 Å². The number of halogens is 1. The van der Waals surface area contributed by atoms with Gasteiger partial charge in [0.1, 0.15) is 17.4 Å². The summed E-state index contributed by atoms with van der Waals surface area (Å²) in [6.45, 7) is 10.6. The summed E-state index contributed by atoms with van der Waals surface area (Å²) < 4.78 is 11.5. The van der Waals surface area contributed by atoms with Crippen LogP contribution in [-0.2, 0) is 17.8 Å². The Morgan fingerprint density at radius 2 is 1.93 bits per heavy atom. The Kier molecular flexibility index (Phi) is 10.8. The van der Waals surface area contributed by atoms with E-state index in [1.165, 1.54) is 4.88 Å². The first-order valence-electron chi connectivity index (χ1n) is 10.0. The number of hydrogen-bond acceptors (Lipinski definition) is 6. The van der Waals surface area contributed by atoms with E-state index >= 15 is 0 Å². The van der Waals surface area contributed by atoms with Crippen LogP contribution in [0.2, 0.25) is 0 Å². The van der Waals surface area contributed by atoms with Gasteiger partial charge in [-0.25, -0.2) is 4.98 Å². The zero-order chi connectivity index (χ0) is 20.5. The van der Waals surface area contributed by atoms with Crippen LogP contribution < -0.4 is 15.4 Å². The normalized spacial score (nSPS) is 14.8. The minimum absolute atomic E-state index is 0. The molecule has 0 bridgehead atoms. The van der Waals surface area contributed by atoms with Crippen molar-refractivity contribution in [3.8, 4) is 5.75 Å². The van der Waals surface area contributed by atoms with Crippen molar-refractivity contribution < 1.29 is 9.47 Å². The zero-order valence-electron chi connectivity index (χ0n) is 17.9. The minimum atomic E-state index is 0. The standard InChI is InChI=1S/C21H31N5O2S.HI/c1-16-17(2)29-20(25-16)15-24-21(22-3)23-14-18-6-4-5-7-19(18)28-13-10-26-8-11-27-12-9-26;/h4-7H,8-15H2,1-3H3,(H2,22,23,24);1H. The highest BCUT2D eigenvalue weighted by molar-refractivity contribution is 14.0. The fourth-order valence-corrected chi connectivity index (χ4v) is 3.95. The van der Waals surface area contributed by atoms with E-state index in [1.807, 2.05) is 25.1 Å². The van der Waals surface area contributed by atoms with Gasteiger partial charge in [0.05, 0.1) is 25.5 Å². The summed E-state index contributed by atoms with van der Waals surface area (Å²) >= 11 is 1.72. The molecular weight excluding hydrogens is 513 g/mol. The Bertz CT molecular complexity index is 789. The average Bonchev–Trinajstić information content (AvgIpc) is 3.07. The van der Waals surface area contributed by atoms with E-state index in [0.29, 0.717) is 19.7 Å². The van der Waals surface area contributed by atoms with Crippen LogP contribution >= 0.6 is 35.3 Å². The van der Waals surface area contributed by atoms with Crippen molar-refractivity contribution in [2.45, 2.75) is 26.9 Å². The summed E-state index contributed by atoms with van der Waals surface area (Å²) in [5.41, 5.74) is 2.20. The Balaban J connectivity index is 0.00000320. The van der Waals surface area contributed by atoms with Gasteiger partial charge >= 0.3 is 0 Å².